The van der Waals surface area contributed by atoms with Crippen LogP contribution in [0, 0.1) is 0 Å². The fourth-order valence-corrected chi connectivity index (χ4v) is 2.45. The van der Waals surface area contributed by atoms with Crippen LogP contribution in [-0.4, -0.2) is 6.04 Å². The molecule has 14 heavy (non-hydrogen) atoms. The Labute approximate surface area is 94.2 Å². The highest BCUT2D eigenvalue weighted by molar-refractivity contribution is 6.42. The van der Waals surface area contributed by atoms with Gasteiger partial charge in [-0.05, 0) is 36.5 Å². The Morgan fingerprint density at radius 1 is 1.14 bits per heavy atom. The minimum atomic E-state index is 0.284. The highest BCUT2D eigenvalue weighted by atomic mass is 35.5. The van der Waals surface area contributed by atoms with Crippen molar-refractivity contribution in [1.82, 2.24) is 0 Å². The Balaban J connectivity index is 2.28. The van der Waals surface area contributed by atoms with E-state index in [1.54, 1.807) is 0 Å². The summed E-state index contributed by atoms with van der Waals surface area (Å²) in [5, 5.41) is 1.24. The van der Waals surface area contributed by atoms with Gasteiger partial charge in [0.05, 0.1) is 10.0 Å². The van der Waals surface area contributed by atoms with Crippen LogP contribution in [0.3, 0.4) is 0 Å². The van der Waals surface area contributed by atoms with E-state index in [1.165, 1.54) is 18.4 Å². The molecule has 0 aromatic heterocycles. The molecule has 0 amide bonds. The normalized spacial score (nSPS) is 26.8. The van der Waals surface area contributed by atoms with Crippen LogP contribution >= 0.6 is 23.2 Å². The molecule has 0 spiro atoms. The van der Waals surface area contributed by atoms with Crippen LogP contribution in [-0.2, 0) is 0 Å². The van der Waals surface area contributed by atoms with Gasteiger partial charge in [0.2, 0.25) is 0 Å². The quantitative estimate of drug-likeness (QED) is 0.783. The van der Waals surface area contributed by atoms with E-state index < -0.39 is 0 Å². The van der Waals surface area contributed by atoms with E-state index in [0.29, 0.717) is 16.0 Å². The number of hydrogen-bond donors (Lipinski definition) is 1. The third kappa shape index (κ3) is 1.90. The second-order valence-corrected chi connectivity index (χ2v) is 4.69. The first kappa shape index (κ1) is 10.3. The van der Waals surface area contributed by atoms with Crippen LogP contribution in [0.2, 0.25) is 10.0 Å². The van der Waals surface area contributed by atoms with Gasteiger partial charge in [-0.3, -0.25) is 0 Å². The second kappa shape index (κ2) is 4.09. The Morgan fingerprint density at radius 2 is 1.93 bits per heavy atom. The van der Waals surface area contributed by atoms with Gasteiger partial charge in [0.25, 0.3) is 0 Å². The van der Waals surface area contributed by atoms with Gasteiger partial charge < -0.3 is 5.73 Å². The molecular formula is C11H13Cl2N. The fraction of sp³-hybridized carbons (Fsp3) is 0.455. The zero-order valence-corrected chi connectivity index (χ0v) is 9.35. The minimum Gasteiger partial charge on any atom is -0.327 e. The van der Waals surface area contributed by atoms with Gasteiger partial charge in [0, 0.05) is 6.04 Å². The van der Waals surface area contributed by atoms with Crippen molar-refractivity contribution >= 4 is 23.2 Å². The van der Waals surface area contributed by atoms with Gasteiger partial charge in [-0.25, -0.2) is 0 Å². The Hall–Kier alpha value is -0.240. The molecule has 1 fully saturated rings. The monoisotopic (exact) mass is 229 g/mol. The Kier molecular flexibility index (Phi) is 3.01. The van der Waals surface area contributed by atoms with Crippen molar-refractivity contribution < 1.29 is 0 Å². The zero-order valence-electron chi connectivity index (χ0n) is 7.84. The number of rotatable bonds is 1. The maximum atomic E-state index is 6.02. The summed E-state index contributed by atoms with van der Waals surface area (Å²) in [4.78, 5) is 0. The average molecular weight is 230 g/mol. The van der Waals surface area contributed by atoms with E-state index in [0.717, 1.165) is 6.42 Å². The molecule has 0 heterocycles. The molecule has 2 atom stereocenters. The summed E-state index contributed by atoms with van der Waals surface area (Å²) in [7, 11) is 0. The van der Waals surface area contributed by atoms with E-state index in [4.69, 9.17) is 28.9 Å². The van der Waals surface area contributed by atoms with Gasteiger partial charge in [-0.1, -0.05) is 35.7 Å². The summed E-state index contributed by atoms with van der Waals surface area (Å²) in [5.41, 5.74) is 7.25. The molecule has 2 rings (SSSR count). The van der Waals surface area contributed by atoms with E-state index in [1.807, 2.05) is 18.2 Å². The van der Waals surface area contributed by atoms with Crippen molar-refractivity contribution in [2.24, 2.45) is 5.73 Å². The second-order valence-electron chi connectivity index (χ2n) is 3.87. The molecule has 0 unspecified atom stereocenters. The molecule has 1 aliphatic rings. The first-order valence-electron chi connectivity index (χ1n) is 4.89. The highest BCUT2D eigenvalue weighted by Gasteiger charge is 2.25. The lowest BCUT2D eigenvalue weighted by Gasteiger charge is -2.16. The standard InChI is InChI=1S/C11H13Cl2N/c12-9-5-4-7(6-10(9)13)8-2-1-3-11(8)14/h4-6,8,11H,1-3,14H2/t8-,11+/m1/s1. The van der Waals surface area contributed by atoms with Crippen molar-refractivity contribution in [1.29, 1.82) is 0 Å². The van der Waals surface area contributed by atoms with Crippen molar-refractivity contribution in [3.05, 3.63) is 33.8 Å². The average Bonchev–Trinajstić information content (AvgIpc) is 2.57. The number of nitrogens with two attached hydrogens (primary N) is 1. The lowest BCUT2D eigenvalue weighted by Crippen LogP contribution is -2.22. The molecule has 1 aromatic rings. The SMILES string of the molecule is N[C@H]1CCC[C@@H]1c1ccc(Cl)c(Cl)c1. The van der Waals surface area contributed by atoms with Crippen LogP contribution < -0.4 is 5.73 Å². The maximum Gasteiger partial charge on any atom is 0.0595 e. The lowest BCUT2D eigenvalue weighted by molar-refractivity contribution is 0.613. The summed E-state index contributed by atoms with van der Waals surface area (Å²) in [5.74, 6) is 0.463. The van der Waals surface area contributed by atoms with Crippen LogP contribution in [0.1, 0.15) is 30.7 Å². The third-order valence-electron chi connectivity index (χ3n) is 2.94. The summed E-state index contributed by atoms with van der Waals surface area (Å²) in [6.07, 6.45) is 3.50. The summed E-state index contributed by atoms with van der Waals surface area (Å²) >= 11 is 11.8. The van der Waals surface area contributed by atoms with Gasteiger partial charge in [0.1, 0.15) is 0 Å². The summed E-state index contributed by atoms with van der Waals surface area (Å²) < 4.78 is 0. The Morgan fingerprint density at radius 3 is 2.50 bits per heavy atom. The fourth-order valence-electron chi connectivity index (χ4n) is 2.15. The molecule has 3 heteroatoms. The molecule has 1 saturated carbocycles. The topological polar surface area (TPSA) is 26.0 Å². The number of benzene rings is 1. The molecular weight excluding hydrogens is 217 g/mol. The Bertz CT molecular complexity index is 338. The van der Waals surface area contributed by atoms with Gasteiger partial charge in [-0.15, -0.1) is 0 Å². The van der Waals surface area contributed by atoms with Crippen LogP contribution in [0.15, 0.2) is 18.2 Å². The molecule has 0 bridgehead atoms. The van der Waals surface area contributed by atoms with E-state index in [-0.39, 0.29) is 6.04 Å². The molecule has 0 saturated heterocycles. The first-order chi connectivity index (χ1) is 6.68. The predicted octanol–water partition coefficient (Wildman–Crippen LogP) is 3.59. The summed E-state index contributed by atoms with van der Waals surface area (Å²) in [6.45, 7) is 0. The smallest absolute Gasteiger partial charge is 0.0595 e. The zero-order chi connectivity index (χ0) is 10.1. The van der Waals surface area contributed by atoms with Crippen LogP contribution in [0.5, 0.6) is 0 Å². The minimum absolute atomic E-state index is 0.284. The molecule has 2 N–H and O–H groups in total. The van der Waals surface area contributed by atoms with Gasteiger partial charge in [-0.2, -0.15) is 0 Å². The van der Waals surface area contributed by atoms with Crippen molar-refractivity contribution in [2.45, 2.75) is 31.2 Å². The number of halogens is 2. The van der Waals surface area contributed by atoms with Crippen LogP contribution in [0.25, 0.3) is 0 Å². The van der Waals surface area contributed by atoms with Gasteiger partial charge in [0.15, 0.2) is 0 Å². The molecule has 0 aliphatic heterocycles. The molecule has 1 nitrogen and oxygen atoms in total. The summed E-state index contributed by atoms with van der Waals surface area (Å²) in [6, 6.07) is 6.11. The van der Waals surface area contributed by atoms with E-state index in [2.05, 4.69) is 0 Å². The van der Waals surface area contributed by atoms with Crippen molar-refractivity contribution in [2.75, 3.05) is 0 Å². The van der Waals surface area contributed by atoms with Gasteiger partial charge >= 0.3 is 0 Å². The van der Waals surface area contributed by atoms with E-state index in [9.17, 15) is 0 Å². The van der Waals surface area contributed by atoms with Crippen molar-refractivity contribution in [3.8, 4) is 0 Å². The lowest BCUT2D eigenvalue weighted by atomic mass is 9.95. The molecule has 76 valence electrons. The maximum absolute atomic E-state index is 6.02. The highest BCUT2D eigenvalue weighted by Crippen LogP contribution is 2.35. The van der Waals surface area contributed by atoms with E-state index >= 15 is 0 Å². The third-order valence-corrected chi connectivity index (χ3v) is 3.68. The predicted molar refractivity (Wildman–Crippen MR) is 61.0 cm³/mol. The molecule has 1 aromatic carbocycles. The van der Waals surface area contributed by atoms with Crippen LogP contribution in [0.4, 0.5) is 0 Å². The molecule has 1 aliphatic carbocycles. The number of hydrogen-bond acceptors (Lipinski definition) is 1. The first-order valence-corrected chi connectivity index (χ1v) is 5.64. The molecule has 0 radical (unpaired) electrons. The largest absolute Gasteiger partial charge is 0.327 e. The van der Waals surface area contributed by atoms with Crippen molar-refractivity contribution in [3.63, 3.8) is 0 Å².